The summed E-state index contributed by atoms with van der Waals surface area (Å²) in [7, 11) is 5.27. The van der Waals surface area contributed by atoms with Crippen LogP contribution >= 0.6 is 0 Å². The third-order valence-corrected chi connectivity index (χ3v) is 17.3. The van der Waals surface area contributed by atoms with Gasteiger partial charge in [-0.3, -0.25) is 33.6 Å². The van der Waals surface area contributed by atoms with Gasteiger partial charge in [-0.05, 0) is 68.1 Å². The average molecular weight is 1410 g/mol. The van der Waals surface area contributed by atoms with Gasteiger partial charge < -0.3 is 79.8 Å². The number of carbonyl (C=O) groups excluding carboxylic acids is 10. The minimum Gasteiger partial charge on any atom is -0.480 e. The van der Waals surface area contributed by atoms with Gasteiger partial charge >= 0.3 is 48.1 Å². The fourth-order valence-corrected chi connectivity index (χ4v) is 11.4. The lowest BCUT2D eigenvalue weighted by Crippen LogP contribution is -2.57. The Labute approximate surface area is 586 Å². The van der Waals surface area contributed by atoms with Crippen LogP contribution in [0.3, 0.4) is 0 Å². The highest BCUT2D eigenvalue weighted by molar-refractivity contribution is 5.94. The summed E-state index contributed by atoms with van der Waals surface area (Å²) < 4.78 is 45.1. The number of esters is 4. The van der Waals surface area contributed by atoms with E-state index in [0.29, 0.717) is 68.2 Å². The number of amides is 4. The molecule has 3 aromatic carbocycles. The lowest BCUT2D eigenvalue weighted by Gasteiger charge is -2.28. The molecule has 0 spiro atoms. The molecule has 4 aliphatic rings. The number of rotatable bonds is 28. The second-order valence-electron chi connectivity index (χ2n) is 24.6. The van der Waals surface area contributed by atoms with Crippen molar-refractivity contribution in [1.29, 1.82) is 0 Å². The fraction of sp³-hybridized carbons (Fsp3) is 0.514. The third kappa shape index (κ3) is 28.3. The van der Waals surface area contributed by atoms with Crippen LogP contribution in [0.5, 0.6) is 0 Å². The summed E-state index contributed by atoms with van der Waals surface area (Å²) in [5.74, 6) is -0.817. The number of nitrogens with zero attached hydrogens (tertiary/aromatic N) is 2. The quantitative estimate of drug-likeness (QED) is 0.0182. The Morgan fingerprint density at radius 2 is 0.812 bits per heavy atom. The van der Waals surface area contributed by atoms with Gasteiger partial charge in [0.25, 0.3) is 0 Å². The molecule has 29 heteroatoms. The summed E-state index contributed by atoms with van der Waals surface area (Å²) in [5.41, 5.74) is 10.6. The topological polar surface area (TPSA) is 425 Å². The number of alkyl carbamates (subject to hydrolysis) is 3. The first kappa shape index (κ1) is 81.6. The Hall–Kier alpha value is -10.0. The van der Waals surface area contributed by atoms with Crippen molar-refractivity contribution < 1.29 is 99.8 Å². The second kappa shape index (κ2) is 42.8. The first-order chi connectivity index (χ1) is 48.5. The van der Waals surface area contributed by atoms with E-state index < -0.39 is 58.3 Å². The van der Waals surface area contributed by atoms with Crippen LogP contribution in [0.15, 0.2) is 112 Å². The maximum Gasteiger partial charge on any atom is 0.408 e. The first-order valence-electron chi connectivity index (χ1n) is 33.7. The number of nitrogens with two attached hydrogens (primary N) is 2. The second-order valence-corrected chi connectivity index (χ2v) is 24.6. The molecule has 4 saturated carbocycles. The molecule has 0 saturated heterocycles. The summed E-state index contributed by atoms with van der Waals surface area (Å²) in [6, 6.07) is 28.0. The maximum absolute atomic E-state index is 12.7. The minimum atomic E-state index is -1.15. The number of nitrogens with one attached hydrogen (secondary N) is 4. The zero-order chi connectivity index (χ0) is 73.5. The predicted molar refractivity (Wildman–Crippen MR) is 362 cm³/mol. The van der Waals surface area contributed by atoms with Crippen LogP contribution in [0, 0.1) is 0 Å². The Morgan fingerprint density at radius 3 is 1.23 bits per heavy atom. The molecule has 0 bridgehead atoms. The highest BCUT2D eigenvalue weighted by atomic mass is 16.6. The van der Waals surface area contributed by atoms with Crippen molar-refractivity contribution in [3.63, 3.8) is 0 Å². The lowest BCUT2D eigenvalue weighted by atomic mass is 9.96. The van der Waals surface area contributed by atoms with Crippen LogP contribution < -0.4 is 32.7 Å². The molecule has 2 heterocycles. The van der Waals surface area contributed by atoms with Gasteiger partial charge in [0, 0.05) is 25.7 Å². The molecule has 4 fully saturated rings. The van der Waals surface area contributed by atoms with Crippen LogP contribution in [0.1, 0.15) is 181 Å². The standard InChI is InChI=1S/C20H26N2O6.C20H24N2O5.C14H17NO4.C12H18N2O3.C6H11NO3/c1-27-17(24)10-9-16(23)13-21-18(25)20(11-5-6-12-20)22-19(26)28-14-15-7-3-2-4-8-15;1-25-17(23)10-9-16-13-21-18(27-16)20(11-5-6-12-20)22-19(24)26-14-15-7-3-2-4-8-15;16-12(17)14(8-4-5-9-14)15-13(18)19-10-11-6-2-1-3-7-11;1-16-10(15)5-4-9-8-14-11(17-9)12(13)6-2-3-7-12;1-10-6(9)3-2-5(8)4-7/h2-4,7-8H,5-6,9-14H2,1H3,(H,21,25)(H,22,26);2-4,7-8,13H,5-6,9-12,14H2,1H3,(H,22,24);1-3,6-7H,4-5,8-10H2,(H,15,18)(H,16,17);8H,2-7,13H2,1H3;2-4,7H2,1H3. The van der Waals surface area contributed by atoms with E-state index in [9.17, 15) is 57.8 Å². The van der Waals surface area contributed by atoms with Crippen LogP contribution in [0.2, 0.25) is 0 Å². The number of hydrogen-bond acceptors (Lipinski definition) is 24. The number of carboxylic acid groups (broad SMARTS) is 1. The van der Waals surface area contributed by atoms with E-state index in [1.165, 1.54) is 28.4 Å². The molecule has 0 unspecified atom stereocenters. The molecule has 550 valence electrons. The number of Topliss-reactive ketones (excluding diaryl/α,β-unsaturated/α-hetero) is 2. The molecule has 0 aliphatic heterocycles. The number of aliphatic carboxylic acids is 1. The molecule has 4 aliphatic carbocycles. The highest BCUT2D eigenvalue weighted by Gasteiger charge is 2.45. The van der Waals surface area contributed by atoms with Crippen LogP contribution in [-0.4, -0.2) is 133 Å². The maximum atomic E-state index is 12.7. The number of oxazole rings is 2. The molecule has 101 heavy (non-hydrogen) atoms. The zero-order valence-electron chi connectivity index (χ0n) is 58.0. The number of benzene rings is 3. The van der Waals surface area contributed by atoms with E-state index in [0.717, 1.165) is 93.7 Å². The van der Waals surface area contributed by atoms with E-state index >= 15 is 0 Å². The fourth-order valence-electron chi connectivity index (χ4n) is 11.4. The summed E-state index contributed by atoms with van der Waals surface area (Å²) in [5, 5.41) is 20.0. The summed E-state index contributed by atoms with van der Waals surface area (Å²) in [6.45, 7) is 0.257. The Morgan fingerprint density at radius 1 is 0.455 bits per heavy atom. The third-order valence-electron chi connectivity index (χ3n) is 17.3. The molecule has 0 radical (unpaired) electrons. The lowest BCUT2D eigenvalue weighted by molar-refractivity contribution is -0.144. The van der Waals surface area contributed by atoms with Crippen molar-refractivity contribution >= 4 is 65.6 Å². The van der Waals surface area contributed by atoms with Crippen molar-refractivity contribution in [2.24, 2.45) is 11.5 Å². The SMILES string of the molecule is COC(=O)CCC(=O)CN.COC(=O)CCC(=O)CNC(=O)C1(NC(=O)OCc2ccccc2)CCCC1.COC(=O)CCc1cnc(C2(N)CCCC2)o1.COC(=O)CCc1cnc(C2(NC(=O)OCc3ccccc3)CCCC2)o1.O=C(NC1(C(=O)O)CCCC1)OCc1ccccc1. The number of carbonyl (C=O) groups is 11. The van der Waals surface area contributed by atoms with E-state index in [1.807, 2.05) is 91.0 Å². The Bertz CT molecular complexity index is 3410. The summed E-state index contributed by atoms with van der Waals surface area (Å²) in [4.78, 5) is 135. The molecule has 2 aromatic heterocycles. The summed E-state index contributed by atoms with van der Waals surface area (Å²) >= 11 is 0. The van der Waals surface area contributed by atoms with Gasteiger partial charge in [0.05, 0.1) is 85.1 Å². The van der Waals surface area contributed by atoms with Crippen LogP contribution in [0.25, 0.3) is 0 Å². The van der Waals surface area contributed by atoms with Crippen molar-refractivity contribution in [3.8, 4) is 0 Å². The largest absolute Gasteiger partial charge is 0.480 e. The molecule has 9 rings (SSSR count). The van der Waals surface area contributed by atoms with Crippen molar-refractivity contribution in [1.82, 2.24) is 31.2 Å². The Balaban J connectivity index is 0.000000236. The van der Waals surface area contributed by atoms with Gasteiger partial charge in [-0.1, -0.05) is 142 Å². The van der Waals surface area contributed by atoms with E-state index in [-0.39, 0.29) is 94.5 Å². The number of ketones is 2. The number of hydrogen-bond donors (Lipinski definition) is 7. The molecule has 9 N–H and O–H groups in total. The molecule has 5 aromatic rings. The molecule has 4 amide bonds. The van der Waals surface area contributed by atoms with Gasteiger partial charge in [-0.15, -0.1) is 0 Å². The predicted octanol–water partition coefficient (Wildman–Crippen LogP) is 8.63. The van der Waals surface area contributed by atoms with E-state index in [4.69, 9.17) is 34.5 Å². The molecular formula is C72H96N8O21. The average Bonchev–Trinajstić information content (AvgIpc) is 1.68. The number of carboxylic acids is 1. The highest BCUT2D eigenvalue weighted by Crippen LogP contribution is 2.39. The van der Waals surface area contributed by atoms with Crippen LogP contribution in [0.4, 0.5) is 14.4 Å². The van der Waals surface area contributed by atoms with Gasteiger partial charge in [-0.25, -0.2) is 29.1 Å². The van der Waals surface area contributed by atoms with Gasteiger partial charge in [-0.2, -0.15) is 0 Å². The molecular weight excluding hydrogens is 1310 g/mol. The molecule has 29 nitrogen and oxygen atoms in total. The van der Waals surface area contributed by atoms with Gasteiger partial charge in [0.15, 0.2) is 5.78 Å². The van der Waals surface area contributed by atoms with Crippen LogP contribution in [-0.2, 0) is 115 Å². The number of ether oxygens (including phenoxy) is 7. The van der Waals surface area contributed by atoms with E-state index in [1.54, 1.807) is 12.4 Å². The minimum absolute atomic E-state index is 0.00298. The van der Waals surface area contributed by atoms with Gasteiger partial charge in [0.2, 0.25) is 17.7 Å². The molecule has 0 atom stereocenters. The number of aromatic nitrogens is 2. The van der Waals surface area contributed by atoms with Gasteiger partial charge in [0.1, 0.15) is 53.7 Å². The monoisotopic (exact) mass is 1410 g/mol. The van der Waals surface area contributed by atoms with E-state index in [2.05, 4.69) is 50.2 Å². The number of aryl methyl sites for hydroxylation is 2. The summed E-state index contributed by atoms with van der Waals surface area (Å²) in [6.07, 6.45) is 15.8. The van der Waals surface area contributed by atoms with Crippen molar-refractivity contribution in [2.45, 2.75) is 196 Å². The number of methoxy groups -OCH3 is 4. The zero-order valence-corrected chi connectivity index (χ0v) is 58.0. The Kier molecular flexibility index (Phi) is 34.6. The van der Waals surface area contributed by atoms with Crippen molar-refractivity contribution in [3.05, 3.63) is 143 Å². The van der Waals surface area contributed by atoms with Crippen molar-refractivity contribution in [2.75, 3.05) is 41.5 Å². The first-order valence-corrected chi connectivity index (χ1v) is 33.7. The smallest absolute Gasteiger partial charge is 0.408 e. The normalized spacial score (nSPS) is 15.3.